The van der Waals surface area contributed by atoms with Gasteiger partial charge in [0, 0.05) is 19.8 Å². The molecular formula is C13H32O4Si. The Balaban J connectivity index is 0. The third-order valence-corrected chi connectivity index (χ3v) is 5.96. The van der Waals surface area contributed by atoms with Crippen LogP contribution in [0.4, 0.5) is 0 Å². The average Bonchev–Trinajstić information content (AvgIpc) is 2.35. The van der Waals surface area contributed by atoms with Crippen molar-refractivity contribution in [3.8, 4) is 0 Å². The summed E-state index contributed by atoms with van der Waals surface area (Å²) in [6.07, 6.45) is 4.07. The van der Waals surface area contributed by atoms with Crippen LogP contribution in [0.2, 0.25) is 6.55 Å². The topological polar surface area (TPSA) is 59.2 Å². The van der Waals surface area contributed by atoms with Gasteiger partial charge in [-0.2, -0.15) is 0 Å². The maximum absolute atomic E-state index is 6.02. The van der Waals surface area contributed by atoms with Crippen LogP contribution in [-0.2, 0) is 13.6 Å². The fourth-order valence-corrected chi connectivity index (χ4v) is 4.57. The van der Waals surface area contributed by atoms with Gasteiger partial charge in [-0.25, -0.2) is 0 Å². The highest BCUT2D eigenvalue weighted by Gasteiger charge is 2.41. The van der Waals surface area contributed by atoms with Crippen molar-refractivity contribution in [3.63, 3.8) is 0 Å². The van der Waals surface area contributed by atoms with Crippen molar-refractivity contribution >= 4 is 8.56 Å². The third kappa shape index (κ3) is 7.48. The molecule has 0 saturated carbocycles. The minimum atomic E-state index is -2.18. The lowest BCUT2D eigenvalue weighted by Gasteiger charge is -2.33. The van der Waals surface area contributed by atoms with E-state index in [1.54, 1.807) is 0 Å². The lowest BCUT2D eigenvalue weighted by molar-refractivity contribution is 0.0440. The molecule has 0 aliphatic heterocycles. The Hall–Kier alpha value is 0.0569. The Bertz CT molecular complexity index is 170. The predicted molar refractivity (Wildman–Crippen MR) is 78.0 cm³/mol. The monoisotopic (exact) mass is 280 g/mol. The summed E-state index contributed by atoms with van der Waals surface area (Å²) in [4.78, 5) is 0. The van der Waals surface area contributed by atoms with E-state index in [-0.39, 0.29) is 11.2 Å². The molecule has 1 atom stereocenters. The molecule has 0 heterocycles. The van der Waals surface area contributed by atoms with Gasteiger partial charge in [0.05, 0.1) is 0 Å². The molecule has 0 amide bonds. The second-order valence-corrected chi connectivity index (χ2v) is 7.73. The Kier molecular flexibility index (Phi) is 13.7. The minimum absolute atomic E-state index is 0. The van der Waals surface area contributed by atoms with E-state index in [0.29, 0.717) is 0 Å². The molecule has 0 aliphatic carbocycles. The van der Waals surface area contributed by atoms with Crippen molar-refractivity contribution in [2.75, 3.05) is 19.8 Å². The van der Waals surface area contributed by atoms with Gasteiger partial charge in [-0.3, -0.25) is 0 Å². The molecule has 0 spiro atoms. The first-order chi connectivity index (χ1) is 8.14. The molecule has 5 heteroatoms. The zero-order valence-electron chi connectivity index (χ0n) is 12.8. The van der Waals surface area contributed by atoms with Gasteiger partial charge in [0.25, 0.3) is 0 Å². The maximum Gasteiger partial charge on any atom is 0.364 e. The number of ether oxygens (including phenoxy) is 1. The van der Waals surface area contributed by atoms with Crippen molar-refractivity contribution in [2.24, 2.45) is 0 Å². The van der Waals surface area contributed by atoms with Crippen LogP contribution in [0, 0.1) is 0 Å². The molecule has 2 N–H and O–H groups in total. The van der Waals surface area contributed by atoms with E-state index in [1.165, 1.54) is 0 Å². The molecule has 0 aromatic rings. The Morgan fingerprint density at radius 2 is 1.28 bits per heavy atom. The van der Waals surface area contributed by atoms with E-state index in [9.17, 15) is 0 Å². The van der Waals surface area contributed by atoms with Gasteiger partial charge in [0.1, 0.15) is 5.73 Å². The fourth-order valence-electron chi connectivity index (χ4n) is 1.74. The van der Waals surface area contributed by atoms with E-state index in [2.05, 4.69) is 34.2 Å². The minimum Gasteiger partial charge on any atom is -0.412 e. The second kappa shape index (κ2) is 12.1. The standard InChI is InChI=1S/C13H30O3Si.H2O/c1-6-10-14-13(9-4)17(5,15-11-7-2)16-12-8-3;/h13H,6-12H2,1-5H3;1H2. The SMILES string of the molecule is CCCOC(CC)[Si](C)(OCCC)OCCC.O. The molecule has 0 aliphatic rings. The van der Waals surface area contributed by atoms with Gasteiger partial charge in [-0.15, -0.1) is 0 Å². The highest BCUT2D eigenvalue weighted by Crippen LogP contribution is 2.19. The Morgan fingerprint density at radius 1 is 0.833 bits per heavy atom. The van der Waals surface area contributed by atoms with Crippen LogP contribution in [0.1, 0.15) is 53.4 Å². The summed E-state index contributed by atoms with van der Waals surface area (Å²) in [5.74, 6) is 0. The van der Waals surface area contributed by atoms with E-state index in [0.717, 1.165) is 45.5 Å². The van der Waals surface area contributed by atoms with Crippen LogP contribution in [0.5, 0.6) is 0 Å². The Labute approximate surface area is 114 Å². The molecule has 1 unspecified atom stereocenters. The molecule has 0 radical (unpaired) electrons. The molecule has 18 heavy (non-hydrogen) atoms. The smallest absolute Gasteiger partial charge is 0.364 e. The van der Waals surface area contributed by atoms with Gasteiger partial charge in [-0.1, -0.05) is 27.7 Å². The van der Waals surface area contributed by atoms with Crippen LogP contribution in [-0.4, -0.2) is 39.6 Å². The molecular weight excluding hydrogens is 248 g/mol. The molecule has 0 rings (SSSR count). The number of rotatable bonds is 11. The Morgan fingerprint density at radius 3 is 1.61 bits per heavy atom. The first-order valence-electron chi connectivity index (χ1n) is 7.04. The fraction of sp³-hybridized carbons (Fsp3) is 1.00. The molecule has 0 fully saturated rings. The summed E-state index contributed by atoms with van der Waals surface area (Å²) in [6, 6.07) is 0. The molecule has 0 aromatic heterocycles. The summed E-state index contributed by atoms with van der Waals surface area (Å²) in [5, 5.41) is 0. The van der Waals surface area contributed by atoms with E-state index >= 15 is 0 Å². The van der Waals surface area contributed by atoms with E-state index in [4.69, 9.17) is 13.6 Å². The highest BCUT2D eigenvalue weighted by molar-refractivity contribution is 6.67. The second-order valence-electron chi connectivity index (χ2n) is 4.48. The van der Waals surface area contributed by atoms with Crippen LogP contribution in [0.3, 0.4) is 0 Å². The van der Waals surface area contributed by atoms with Gasteiger partial charge < -0.3 is 19.1 Å². The highest BCUT2D eigenvalue weighted by atomic mass is 28.4. The van der Waals surface area contributed by atoms with Gasteiger partial charge in [0.2, 0.25) is 0 Å². The van der Waals surface area contributed by atoms with E-state index < -0.39 is 8.56 Å². The first-order valence-corrected chi connectivity index (χ1v) is 9.43. The summed E-state index contributed by atoms with van der Waals surface area (Å²) in [5.41, 5.74) is 0.153. The normalized spacial score (nSPS) is 13.2. The van der Waals surface area contributed by atoms with Gasteiger partial charge in [-0.05, 0) is 32.2 Å². The first kappa shape index (κ1) is 20.4. The maximum atomic E-state index is 6.02. The molecule has 0 saturated heterocycles. The van der Waals surface area contributed by atoms with Crippen LogP contribution in [0.15, 0.2) is 0 Å². The molecule has 0 bridgehead atoms. The number of hydrogen-bond donors (Lipinski definition) is 0. The summed E-state index contributed by atoms with van der Waals surface area (Å²) >= 11 is 0. The lowest BCUT2D eigenvalue weighted by Crippen LogP contribution is -2.52. The summed E-state index contributed by atoms with van der Waals surface area (Å²) < 4.78 is 18.0. The third-order valence-electron chi connectivity index (χ3n) is 2.66. The lowest BCUT2D eigenvalue weighted by atomic mass is 10.5. The van der Waals surface area contributed by atoms with Crippen LogP contribution >= 0.6 is 0 Å². The zero-order valence-corrected chi connectivity index (χ0v) is 13.8. The van der Waals surface area contributed by atoms with Crippen molar-refractivity contribution in [1.29, 1.82) is 0 Å². The molecule has 4 nitrogen and oxygen atoms in total. The van der Waals surface area contributed by atoms with Crippen LogP contribution < -0.4 is 0 Å². The van der Waals surface area contributed by atoms with Crippen molar-refractivity contribution in [2.45, 2.75) is 65.7 Å². The largest absolute Gasteiger partial charge is 0.412 e. The predicted octanol–water partition coefficient (Wildman–Crippen LogP) is 2.83. The molecule has 0 aromatic carbocycles. The van der Waals surface area contributed by atoms with Gasteiger partial charge in [0.15, 0.2) is 0 Å². The molecule has 112 valence electrons. The summed E-state index contributed by atoms with van der Waals surface area (Å²) in [7, 11) is -2.18. The summed E-state index contributed by atoms with van der Waals surface area (Å²) in [6.45, 7) is 13.0. The average molecular weight is 280 g/mol. The van der Waals surface area contributed by atoms with Gasteiger partial charge >= 0.3 is 8.56 Å². The quantitative estimate of drug-likeness (QED) is 0.547. The number of hydrogen-bond acceptors (Lipinski definition) is 3. The van der Waals surface area contributed by atoms with Crippen molar-refractivity contribution in [3.05, 3.63) is 0 Å². The zero-order chi connectivity index (χ0) is 13.1. The van der Waals surface area contributed by atoms with Crippen LogP contribution in [0.25, 0.3) is 0 Å². The van der Waals surface area contributed by atoms with Crippen molar-refractivity contribution in [1.82, 2.24) is 0 Å². The van der Waals surface area contributed by atoms with Crippen molar-refractivity contribution < 1.29 is 19.1 Å². The van der Waals surface area contributed by atoms with E-state index in [1.807, 2.05) is 0 Å².